The number of hydrogen-bond acceptors (Lipinski definition) is 3. The molecule has 1 aliphatic heterocycles. The van der Waals surface area contributed by atoms with Crippen molar-refractivity contribution >= 4 is 10.9 Å². The van der Waals surface area contributed by atoms with Gasteiger partial charge in [0.25, 0.3) is 0 Å². The van der Waals surface area contributed by atoms with Crippen molar-refractivity contribution in [3.05, 3.63) is 35.5 Å². The lowest BCUT2D eigenvalue weighted by Gasteiger charge is -2.28. The Morgan fingerprint density at radius 1 is 1.41 bits per heavy atom. The van der Waals surface area contributed by atoms with Crippen LogP contribution >= 0.6 is 0 Å². The first-order chi connectivity index (χ1) is 10.7. The zero-order valence-electron chi connectivity index (χ0n) is 13.2. The van der Waals surface area contributed by atoms with E-state index in [1.807, 2.05) is 6.07 Å². The Hall–Kier alpha value is -2.01. The molecule has 0 aliphatic carbocycles. The fraction of sp³-hybridized carbons (Fsp3) is 0.500. The van der Waals surface area contributed by atoms with E-state index in [1.54, 1.807) is 0 Å². The van der Waals surface area contributed by atoms with Crippen LogP contribution in [0.1, 0.15) is 11.3 Å². The lowest BCUT2D eigenvalue weighted by atomic mass is 9.98. The molecule has 0 amide bonds. The number of nitrogens with zero attached hydrogens (tertiary/aromatic N) is 3. The van der Waals surface area contributed by atoms with Crippen LogP contribution in [0.25, 0.3) is 10.9 Å². The Morgan fingerprint density at radius 3 is 2.91 bits per heavy atom. The molecule has 2 heterocycles. The van der Waals surface area contributed by atoms with Gasteiger partial charge in [-0.15, -0.1) is 0 Å². The van der Waals surface area contributed by atoms with E-state index in [1.165, 1.54) is 11.3 Å². The summed E-state index contributed by atoms with van der Waals surface area (Å²) in [5.74, 6) is -0.00370. The molecule has 22 heavy (non-hydrogen) atoms. The number of aromatic nitrogens is 1. The lowest BCUT2D eigenvalue weighted by molar-refractivity contribution is 0.0338. The smallest absolute Gasteiger partial charge is 0.0672 e. The van der Waals surface area contributed by atoms with Crippen LogP contribution in [0.4, 0.5) is 0 Å². The molecule has 0 radical (unpaired) electrons. The van der Waals surface area contributed by atoms with E-state index in [-0.39, 0.29) is 5.92 Å². The van der Waals surface area contributed by atoms with Gasteiger partial charge in [0.05, 0.1) is 36.1 Å². The Labute approximate surface area is 131 Å². The highest BCUT2D eigenvalue weighted by Gasteiger charge is 2.20. The molecule has 0 saturated carbocycles. The van der Waals surface area contributed by atoms with Crippen LogP contribution in [0, 0.1) is 36.3 Å². The number of ether oxygens (including phenoxy) is 1. The van der Waals surface area contributed by atoms with Gasteiger partial charge in [0.2, 0.25) is 0 Å². The van der Waals surface area contributed by atoms with Crippen molar-refractivity contribution in [2.24, 2.45) is 13.0 Å². The number of aryl methyl sites for hydroxylation is 1. The molecule has 0 spiro atoms. The third-order valence-electron chi connectivity index (χ3n) is 4.60. The summed E-state index contributed by atoms with van der Waals surface area (Å²) in [6, 6.07) is 12.7. The lowest BCUT2D eigenvalue weighted by Crippen LogP contribution is -2.39. The molecule has 4 heteroatoms. The minimum absolute atomic E-state index is 0.00370. The predicted molar refractivity (Wildman–Crippen MR) is 85.4 cm³/mol. The Kier molecular flexibility index (Phi) is 4.34. The van der Waals surface area contributed by atoms with E-state index in [0.29, 0.717) is 0 Å². The van der Waals surface area contributed by atoms with Gasteiger partial charge in [-0.2, -0.15) is 5.26 Å². The van der Waals surface area contributed by atoms with Crippen molar-refractivity contribution in [2.45, 2.75) is 13.3 Å². The molecule has 2 aromatic rings. The van der Waals surface area contributed by atoms with Gasteiger partial charge >= 0.3 is 0 Å². The number of fused-ring (bicyclic) bond motifs is 1. The SMILES string of the molecule is Cc1c(CC(C#N)CN2CCOCC2)c2c#cccc2n1C. The third kappa shape index (κ3) is 2.81. The summed E-state index contributed by atoms with van der Waals surface area (Å²) in [5, 5.41) is 10.7. The van der Waals surface area contributed by atoms with Crippen LogP contribution in [0.2, 0.25) is 0 Å². The van der Waals surface area contributed by atoms with E-state index < -0.39 is 0 Å². The highest BCUT2D eigenvalue weighted by molar-refractivity contribution is 5.83. The summed E-state index contributed by atoms with van der Waals surface area (Å²) in [4.78, 5) is 2.33. The van der Waals surface area contributed by atoms with Crippen molar-refractivity contribution in [3.8, 4) is 6.07 Å². The Balaban J connectivity index is 1.82. The maximum atomic E-state index is 9.56. The van der Waals surface area contributed by atoms with Crippen LogP contribution in [-0.2, 0) is 18.2 Å². The van der Waals surface area contributed by atoms with Crippen molar-refractivity contribution in [3.63, 3.8) is 0 Å². The minimum Gasteiger partial charge on any atom is -0.379 e. The van der Waals surface area contributed by atoms with E-state index in [0.717, 1.165) is 50.2 Å². The van der Waals surface area contributed by atoms with Crippen LogP contribution in [0.5, 0.6) is 0 Å². The topological polar surface area (TPSA) is 41.2 Å². The molecule has 114 valence electrons. The summed E-state index contributed by atoms with van der Waals surface area (Å²) in [6.07, 6.45) is 0.769. The first-order valence-electron chi connectivity index (χ1n) is 7.76. The predicted octanol–water partition coefficient (Wildman–Crippen LogP) is 2.10. The Bertz CT molecular complexity index is 692. The summed E-state index contributed by atoms with van der Waals surface area (Å²) in [5.41, 5.74) is 3.61. The van der Waals surface area contributed by atoms with E-state index in [2.05, 4.69) is 47.7 Å². The largest absolute Gasteiger partial charge is 0.379 e. The molecule has 0 bridgehead atoms. The van der Waals surface area contributed by atoms with Crippen molar-refractivity contribution in [1.82, 2.24) is 9.47 Å². The van der Waals surface area contributed by atoms with E-state index >= 15 is 0 Å². The van der Waals surface area contributed by atoms with Gasteiger partial charge in [-0.25, -0.2) is 0 Å². The maximum Gasteiger partial charge on any atom is 0.0672 e. The van der Waals surface area contributed by atoms with Gasteiger partial charge in [0.1, 0.15) is 0 Å². The first kappa shape index (κ1) is 14.9. The average molecular weight is 295 g/mol. The third-order valence-corrected chi connectivity index (χ3v) is 4.60. The number of morpholine rings is 1. The fourth-order valence-electron chi connectivity index (χ4n) is 3.20. The quantitative estimate of drug-likeness (QED) is 0.867. The monoisotopic (exact) mass is 295 g/mol. The van der Waals surface area contributed by atoms with Gasteiger partial charge < -0.3 is 9.30 Å². The zero-order chi connectivity index (χ0) is 15.5. The molecule has 3 rings (SSSR count). The molecular weight excluding hydrogens is 274 g/mol. The van der Waals surface area contributed by atoms with Crippen molar-refractivity contribution in [1.29, 1.82) is 5.26 Å². The molecule has 1 atom stereocenters. The molecule has 1 aromatic carbocycles. The maximum absolute atomic E-state index is 9.56. The van der Waals surface area contributed by atoms with Crippen molar-refractivity contribution < 1.29 is 4.74 Å². The summed E-state index contributed by atoms with van der Waals surface area (Å²) in [6.45, 7) is 6.32. The molecular formula is C18H21N3O. The second kappa shape index (κ2) is 6.40. The number of hydrogen-bond donors (Lipinski definition) is 0. The normalized spacial score (nSPS) is 17.1. The van der Waals surface area contributed by atoms with Gasteiger partial charge in [-0.3, -0.25) is 4.90 Å². The standard InChI is InChI=1S/C18H21N3O/c1-14-17(16-5-3-4-6-18(16)20(14)2)11-15(12-19)13-21-7-9-22-10-8-21/h4,6,15H,7-11,13H2,1-2H3. The average Bonchev–Trinajstić information content (AvgIpc) is 2.80. The molecule has 0 N–H and O–H groups in total. The molecule has 1 aliphatic rings. The Morgan fingerprint density at radius 2 is 2.18 bits per heavy atom. The highest BCUT2D eigenvalue weighted by atomic mass is 16.5. The van der Waals surface area contributed by atoms with Gasteiger partial charge in [-0.05, 0) is 31.0 Å². The zero-order valence-corrected chi connectivity index (χ0v) is 13.2. The molecule has 1 fully saturated rings. The van der Waals surface area contributed by atoms with E-state index in [9.17, 15) is 5.26 Å². The number of rotatable bonds is 4. The van der Waals surface area contributed by atoms with Crippen molar-refractivity contribution in [2.75, 3.05) is 32.8 Å². The first-order valence-corrected chi connectivity index (χ1v) is 7.76. The molecule has 1 unspecified atom stereocenters. The molecule has 4 nitrogen and oxygen atoms in total. The fourth-order valence-corrected chi connectivity index (χ4v) is 3.20. The summed E-state index contributed by atoms with van der Waals surface area (Å²) >= 11 is 0. The summed E-state index contributed by atoms with van der Waals surface area (Å²) < 4.78 is 7.56. The van der Waals surface area contributed by atoms with E-state index in [4.69, 9.17) is 4.74 Å². The van der Waals surface area contributed by atoms with Crippen LogP contribution < -0.4 is 0 Å². The number of nitriles is 1. The van der Waals surface area contributed by atoms with Crippen LogP contribution in [-0.4, -0.2) is 42.3 Å². The van der Waals surface area contributed by atoms with Crippen LogP contribution in [0.15, 0.2) is 12.1 Å². The van der Waals surface area contributed by atoms with Gasteiger partial charge in [0, 0.05) is 32.4 Å². The highest BCUT2D eigenvalue weighted by Crippen LogP contribution is 2.25. The summed E-state index contributed by atoms with van der Waals surface area (Å²) in [7, 11) is 2.07. The minimum atomic E-state index is -0.00370. The van der Waals surface area contributed by atoms with Gasteiger partial charge in [-0.1, -0.05) is 12.1 Å². The molecule has 1 saturated heterocycles. The van der Waals surface area contributed by atoms with Crippen LogP contribution in [0.3, 0.4) is 0 Å². The molecule has 1 aromatic heterocycles. The van der Waals surface area contributed by atoms with Gasteiger partial charge in [0.15, 0.2) is 0 Å². The second-order valence-electron chi connectivity index (χ2n) is 5.93. The second-order valence-corrected chi connectivity index (χ2v) is 5.93.